The minimum absolute atomic E-state index is 0.356. The predicted octanol–water partition coefficient (Wildman–Crippen LogP) is 2.61. The van der Waals surface area contributed by atoms with E-state index in [9.17, 15) is 0 Å². The summed E-state index contributed by atoms with van der Waals surface area (Å²) in [4.78, 5) is 3.86. The highest BCUT2D eigenvalue weighted by molar-refractivity contribution is 6.18. The lowest BCUT2D eigenvalue weighted by molar-refractivity contribution is 1.20. The van der Waals surface area contributed by atoms with Crippen molar-refractivity contribution in [1.82, 2.24) is 0 Å². The Morgan fingerprint density at radius 3 is 2.78 bits per heavy atom. The van der Waals surface area contributed by atoms with Crippen LogP contribution in [0, 0.1) is 0 Å². The molecule has 0 aliphatic rings. The van der Waals surface area contributed by atoms with E-state index < -0.39 is 0 Å². The van der Waals surface area contributed by atoms with Gasteiger partial charge in [0, 0.05) is 6.21 Å². The van der Waals surface area contributed by atoms with Gasteiger partial charge in [0.2, 0.25) is 0 Å². The fourth-order valence-corrected chi connectivity index (χ4v) is 0.622. The molecule has 0 saturated carbocycles. The first-order chi connectivity index (χ1) is 4.31. The van der Waals surface area contributed by atoms with E-state index in [0.29, 0.717) is 6.00 Å². The van der Waals surface area contributed by atoms with Gasteiger partial charge in [0.1, 0.15) is 6.00 Å². The van der Waals surface area contributed by atoms with Gasteiger partial charge in [-0.15, -0.1) is 11.6 Å². The Labute approximate surface area is 61.4 Å². The number of nitrogens with zero attached hydrogens (tertiary/aromatic N) is 1. The minimum atomic E-state index is 0.356. The van der Waals surface area contributed by atoms with Crippen LogP contribution < -0.4 is 0 Å². The highest BCUT2D eigenvalue weighted by Gasteiger charge is 1.77. The van der Waals surface area contributed by atoms with Crippen LogP contribution in [0.25, 0.3) is 0 Å². The molecule has 0 N–H and O–H groups in total. The van der Waals surface area contributed by atoms with E-state index in [1.165, 1.54) is 5.57 Å². The van der Waals surface area contributed by atoms with Crippen LogP contribution in [-0.4, -0.2) is 12.2 Å². The number of halogens is 1. The molecular weight excluding hydrogens is 134 g/mol. The molecule has 0 saturated heterocycles. The Hall–Kier alpha value is -0.300. The predicted molar refractivity (Wildman–Crippen MR) is 43.3 cm³/mol. The highest BCUT2D eigenvalue weighted by atomic mass is 35.5. The third kappa shape index (κ3) is 5.57. The first-order valence-corrected chi connectivity index (χ1v) is 3.57. The summed E-state index contributed by atoms with van der Waals surface area (Å²) < 4.78 is 0. The molecule has 2 heteroatoms. The monoisotopic (exact) mass is 145 g/mol. The molecule has 0 unspecified atom stereocenters. The quantitative estimate of drug-likeness (QED) is 0.329. The van der Waals surface area contributed by atoms with E-state index in [-0.39, 0.29) is 0 Å². The Morgan fingerprint density at radius 1 is 1.67 bits per heavy atom. The van der Waals surface area contributed by atoms with Crippen LogP contribution in [0.2, 0.25) is 0 Å². The van der Waals surface area contributed by atoms with Gasteiger partial charge in [0.15, 0.2) is 0 Å². The lowest BCUT2D eigenvalue weighted by Gasteiger charge is -1.86. The third-order valence-corrected chi connectivity index (χ3v) is 1.03. The summed E-state index contributed by atoms with van der Waals surface area (Å²) in [5, 5.41) is 0. The highest BCUT2D eigenvalue weighted by Crippen LogP contribution is 1.90. The summed E-state index contributed by atoms with van der Waals surface area (Å²) in [5.74, 6) is 0. The minimum Gasteiger partial charge on any atom is -0.277 e. The summed E-state index contributed by atoms with van der Waals surface area (Å²) in [5.41, 5.74) is 1.18. The zero-order chi connectivity index (χ0) is 7.11. The summed E-state index contributed by atoms with van der Waals surface area (Å²) in [6.07, 6.45) is 4.95. The van der Waals surface area contributed by atoms with Crippen LogP contribution in [0.4, 0.5) is 0 Å². The van der Waals surface area contributed by atoms with Crippen molar-refractivity contribution >= 4 is 17.8 Å². The van der Waals surface area contributed by atoms with E-state index in [1.54, 1.807) is 6.21 Å². The number of alkyl halides is 1. The number of hydrogen-bond acceptors (Lipinski definition) is 1. The van der Waals surface area contributed by atoms with Gasteiger partial charge < -0.3 is 0 Å². The van der Waals surface area contributed by atoms with E-state index in [2.05, 4.69) is 18.0 Å². The zero-order valence-corrected chi connectivity index (χ0v) is 6.65. The molecule has 0 aliphatic heterocycles. The van der Waals surface area contributed by atoms with Gasteiger partial charge in [-0.3, -0.25) is 4.99 Å². The lowest BCUT2D eigenvalue weighted by atomic mass is 10.3. The average molecular weight is 146 g/mol. The normalized spacial score (nSPS) is 13.0. The Balaban J connectivity index is 3.60. The molecule has 9 heavy (non-hydrogen) atoms. The molecule has 0 aliphatic carbocycles. The topological polar surface area (TPSA) is 12.4 Å². The van der Waals surface area contributed by atoms with Crippen molar-refractivity contribution in [2.75, 3.05) is 6.00 Å². The molecule has 0 atom stereocenters. The van der Waals surface area contributed by atoms with Crippen LogP contribution in [0.5, 0.6) is 0 Å². The Morgan fingerprint density at radius 2 is 2.33 bits per heavy atom. The number of rotatable bonds is 3. The van der Waals surface area contributed by atoms with E-state index >= 15 is 0 Å². The molecule has 0 radical (unpaired) electrons. The second-order valence-corrected chi connectivity index (χ2v) is 2.03. The van der Waals surface area contributed by atoms with Crippen molar-refractivity contribution in [2.24, 2.45) is 4.99 Å². The van der Waals surface area contributed by atoms with E-state index in [0.717, 1.165) is 6.42 Å². The molecule has 0 bridgehead atoms. The molecule has 0 amide bonds. The summed E-state index contributed by atoms with van der Waals surface area (Å²) in [6.45, 7) is 4.11. The maximum atomic E-state index is 5.32. The van der Waals surface area contributed by atoms with E-state index in [1.807, 2.05) is 6.92 Å². The van der Waals surface area contributed by atoms with Crippen LogP contribution in [0.1, 0.15) is 20.3 Å². The van der Waals surface area contributed by atoms with Crippen molar-refractivity contribution < 1.29 is 0 Å². The fraction of sp³-hybridized carbons (Fsp3) is 0.571. The number of allylic oxidation sites excluding steroid dienone is 2. The van der Waals surface area contributed by atoms with Crippen molar-refractivity contribution in [3.63, 3.8) is 0 Å². The van der Waals surface area contributed by atoms with Gasteiger partial charge in [-0.25, -0.2) is 0 Å². The summed E-state index contributed by atoms with van der Waals surface area (Å²) in [6, 6.07) is 0.356. The zero-order valence-electron chi connectivity index (χ0n) is 5.89. The molecule has 0 rings (SSSR count). The van der Waals surface area contributed by atoms with Crippen molar-refractivity contribution in [1.29, 1.82) is 0 Å². The molecular formula is C7H12ClN. The molecule has 0 aromatic heterocycles. The lowest BCUT2D eigenvalue weighted by Crippen LogP contribution is -1.76. The average Bonchev–Trinajstić information content (AvgIpc) is 1.85. The van der Waals surface area contributed by atoms with Crippen LogP contribution in [0.15, 0.2) is 16.6 Å². The molecule has 52 valence electrons. The molecule has 0 heterocycles. The van der Waals surface area contributed by atoms with Gasteiger partial charge >= 0.3 is 0 Å². The van der Waals surface area contributed by atoms with Gasteiger partial charge in [-0.1, -0.05) is 13.0 Å². The number of aliphatic imine (C=N–C) groups is 1. The van der Waals surface area contributed by atoms with Gasteiger partial charge in [0.25, 0.3) is 0 Å². The van der Waals surface area contributed by atoms with Gasteiger partial charge in [-0.2, -0.15) is 0 Å². The first kappa shape index (κ1) is 8.70. The van der Waals surface area contributed by atoms with Gasteiger partial charge in [0.05, 0.1) is 0 Å². The molecule has 0 aromatic rings. The summed E-state index contributed by atoms with van der Waals surface area (Å²) in [7, 11) is 0. The van der Waals surface area contributed by atoms with Crippen LogP contribution in [-0.2, 0) is 0 Å². The van der Waals surface area contributed by atoms with Crippen molar-refractivity contribution in [3.05, 3.63) is 11.6 Å². The Kier molecular flexibility index (Phi) is 5.64. The second-order valence-electron chi connectivity index (χ2n) is 1.79. The van der Waals surface area contributed by atoms with Crippen molar-refractivity contribution in [3.8, 4) is 0 Å². The van der Waals surface area contributed by atoms with Crippen LogP contribution >= 0.6 is 11.6 Å². The smallest absolute Gasteiger partial charge is 0.113 e. The maximum absolute atomic E-state index is 5.32. The standard InChI is InChI=1S/C7H12ClN/c1-3-4-7(2)5-9-6-8/h4-5H,3,6H2,1-2H3/b7-4-,9-5?. The molecule has 0 fully saturated rings. The third-order valence-electron chi connectivity index (χ3n) is 0.890. The molecule has 1 nitrogen and oxygen atoms in total. The molecule has 0 aromatic carbocycles. The SMILES string of the molecule is CC/C=C(/C)C=NCCl. The van der Waals surface area contributed by atoms with Crippen LogP contribution in [0.3, 0.4) is 0 Å². The molecule has 0 spiro atoms. The van der Waals surface area contributed by atoms with Crippen molar-refractivity contribution in [2.45, 2.75) is 20.3 Å². The van der Waals surface area contributed by atoms with Gasteiger partial charge in [-0.05, 0) is 18.9 Å². The van der Waals surface area contributed by atoms with E-state index in [4.69, 9.17) is 11.6 Å². The largest absolute Gasteiger partial charge is 0.277 e. The Bertz CT molecular complexity index is 116. The summed E-state index contributed by atoms with van der Waals surface area (Å²) >= 11 is 5.32. The first-order valence-electron chi connectivity index (χ1n) is 3.03. The maximum Gasteiger partial charge on any atom is 0.113 e. The second kappa shape index (κ2) is 5.83. The fourth-order valence-electron chi connectivity index (χ4n) is 0.553. The number of hydrogen-bond donors (Lipinski definition) is 0.